The van der Waals surface area contributed by atoms with Crippen LogP contribution in [0.5, 0.6) is 0 Å². The second kappa shape index (κ2) is 11.0. The van der Waals surface area contributed by atoms with Crippen LogP contribution in [0.4, 0.5) is 15.5 Å². The van der Waals surface area contributed by atoms with Crippen molar-refractivity contribution < 1.29 is 28.3 Å². The molecular weight excluding hydrogens is 565 g/mol. The normalized spacial score (nSPS) is 26.2. The highest BCUT2D eigenvalue weighted by atomic mass is 28.4. The maximum Gasteiger partial charge on any atom is 0.261 e. The zero-order chi connectivity index (χ0) is 30.5. The Morgan fingerprint density at radius 3 is 2.49 bits per heavy atom. The van der Waals surface area contributed by atoms with Gasteiger partial charge in [-0.05, 0) is 61.0 Å². The third-order valence-corrected chi connectivity index (χ3v) is 11.7. The fourth-order valence-corrected chi connectivity index (χ4v) is 9.76. The molecule has 5 atom stereocenters. The Balaban J connectivity index is 1.30. The number of nitrogens with zero attached hydrogens (tertiary/aromatic N) is 1. The lowest BCUT2D eigenvalue weighted by molar-refractivity contribution is -0.149. The minimum absolute atomic E-state index is 0.108. The van der Waals surface area contributed by atoms with Gasteiger partial charge in [0.1, 0.15) is 0 Å². The van der Waals surface area contributed by atoms with Gasteiger partial charge in [-0.2, -0.15) is 0 Å². The van der Waals surface area contributed by atoms with Crippen LogP contribution in [0.2, 0.25) is 18.6 Å². The predicted molar refractivity (Wildman–Crippen MR) is 164 cm³/mol. The number of aliphatic hydroxyl groups excluding tert-OH is 1. The Kier molecular flexibility index (Phi) is 7.48. The number of hydrogen-bond acceptors (Lipinski definition) is 5. The summed E-state index contributed by atoms with van der Waals surface area (Å²) < 4.78 is 22.7. The van der Waals surface area contributed by atoms with Gasteiger partial charge in [-0.25, -0.2) is 0 Å². The molecule has 1 saturated heterocycles. The van der Waals surface area contributed by atoms with E-state index in [4.69, 9.17) is 4.74 Å². The first-order valence-corrected chi connectivity index (χ1v) is 17.6. The molecule has 0 unspecified atom stereocenters. The van der Waals surface area contributed by atoms with Crippen LogP contribution in [0.1, 0.15) is 40.4 Å². The number of nitrogens with one attached hydrogen (secondary N) is 2. The van der Waals surface area contributed by atoms with Crippen LogP contribution < -0.4 is 10.6 Å². The summed E-state index contributed by atoms with van der Waals surface area (Å²) >= 11 is 0. The van der Waals surface area contributed by atoms with Gasteiger partial charge in [0.25, 0.3) is 11.8 Å². The van der Waals surface area contributed by atoms with Gasteiger partial charge in [0.15, 0.2) is 5.60 Å². The molecule has 0 bridgehead atoms. The average molecular weight is 602 g/mol. The SMILES string of the molecule is C[C@H]1[C@H]([Si](C)(C)F)[C@@H](CC(=O)N2Cc3ccccc3C[C@H]2CO)O[C@]12C(=O)Nc1ccc(NC(=O)c3ccccc3)cc12. The number of ether oxygens (including phenoxy) is 1. The van der Waals surface area contributed by atoms with E-state index in [2.05, 4.69) is 10.6 Å². The molecule has 3 N–H and O–H groups in total. The summed E-state index contributed by atoms with van der Waals surface area (Å²) in [4.78, 5) is 42.1. The molecule has 6 rings (SSSR count). The molecule has 0 saturated carbocycles. The summed E-state index contributed by atoms with van der Waals surface area (Å²) in [5.41, 5.74) is 1.97. The average Bonchev–Trinajstić information content (AvgIpc) is 3.44. The smallest absolute Gasteiger partial charge is 0.261 e. The lowest BCUT2D eigenvalue weighted by Crippen LogP contribution is -2.48. The van der Waals surface area contributed by atoms with Crippen molar-refractivity contribution in [1.82, 2.24) is 4.90 Å². The molecule has 8 nitrogen and oxygen atoms in total. The second-order valence-electron chi connectivity index (χ2n) is 12.3. The number of fused-ring (bicyclic) bond motifs is 3. The Labute approximate surface area is 251 Å². The molecule has 3 aromatic rings. The van der Waals surface area contributed by atoms with Crippen molar-refractivity contribution in [3.8, 4) is 0 Å². The molecule has 3 aliphatic heterocycles. The third-order valence-electron chi connectivity index (χ3n) is 9.27. The highest BCUT2D eigenvalue weighted by molar-refractivity contribution is 6.72. The lowest BCUT2D eigenvalue weighted by atomic mass is 9.82. The quantitative estimate of drug-likeness (QED) is 0.272. The van der Waals surface area contributed by atoms with E-state index in [1.807, 2.05) is 37.3 Å². The Morgan fingerprint density at radius 2 is 1.79 bits per heavy atom. The van der Waals surface area contributed by atoms with Crippen molar-refractivity contribution in [2.45, 2.75) is 62.7 Å². The Bertz CT molecular complexity index is 1580. The molecule has 1 spiro atoms. The minimum atomic E-state index is -3.47. The maximum absolute atomic E-state index is 16.1. The number of benzene rings is 3. The van der Waals surface area contributed by atoms with Crippen molar-refractivity contribution in [2.75, 3.05) is 17.2 Å². The van der Waals surface area contributed by atoms with Gasteiger partial charge >= 0.3 is 0 Å². The van der Waals surface area contributed by atoms with Gasteiger partial charge in [0, 0.05) is 40.5 Å². The van der Waals surface area contributed by atoms with E-state index in [1.165, 1.54) is 0 Å². The number of carbonyl (C=O) groups excluding carboxylic acids is 3. The maximum atomic E-state index is 16.1. The summed E-state index contributed by atoms with van der Waals surface area (Å²) in [7, 11) is -3.47. The zero-order valence-electron chi connectivity index (χ0n) is 24.5. The van der Waals surface area contributed by atoms with E-state index < -0.39 is 43.5 Å². The molecule has 224 valence electrons. The molecule has 1 fully saturated rings. The summed E-state index contributed by atoms with van der Waals surface area (Å²) in [6.07, 6.45) is -0.419. The molecule has 3 aromatic carbocycles. The number of carbonyl (C=O) groups is 3. The predicted octanol–water partition coefficient (Wildman–Crippen LogP) is 5.00. The standard InChI is InChI=1S/C33H36FN3O5Si/c1-20-30(43(2,3)34)28(17-29(39)37-18-23-12-8-7-11-22(23)15-25(37)19-38)42-33(20)26-16-24(13-14-27(26)36-32(33)41)35-31(40)21-9-5-4-6-10-21/h4-14,16,20,25,28,30,38H,15,17-19H2,1-3H3,(H,35,40)(H,36,41)/t20-,25-,28+,30-,33+/m0/s1. The van der Waals surface area contributed by atoms with Crippen LogP contribution in [0.25, 0.3) is 0 Å². The number of anilines is 2. The second-order valence-corrected chi connectivity index (χ2v) is 16.1. The van der Waals surface area contributed by atoms with Gasteiger partial charge < -0.3 is 29.5 Å². The topological polar surface area (TPSA) is 108 Å². The molecule has 3 heterocycles. The molecule has 43 heavy (non-hydrogen) atoms. The van der Waals surface area contributed by atoms with Gasteiger partial charge in [-0.15, -0.1) is 0 Å². The van der Waals surface area contributed by atoms with Gasteiger partial charge in [0.2, 0.25) is 14.3 Å². The van der Waals surface area contributed by atoms with Crippen LogP contribution in [-0.2, 0) is 32.9 Å². The van der Waals surface area contributed by atoms with Crippen molar-refractivity contribution >= 4 is 37.5 Å². The number of halogens is 1. The van der Waals surface area contributed by atoms with E-state index in [9.17, 15) is 19.5 Å². The molecule has 10 heteroatoms. The van der Waals surface area contributed by atoms with Crippen molar-refractivity contribution in [3.05, 3.63) is 95.1 Å². The Morgan fingerprint density at radius 1 is 1.09 bits per heavy atom. The fraction of sp³-hybridized carbons (Fsp3) is 0.364. The summed E-state index contributed by atoms with van der Waals surface area (Å²) in [5.74, 6) is -1.52. The van der Waals surface area contributed by atoms with E-state index >= 15 is 4.11 Å². The zero-order valence-corrected chi connectivity index (χ0v) is 25.5. The van der Waals surface area contributed by atoms with E-state index in [0.29, 0.717) is 35.5 Å². The van der Waals surface area contributed by atoms with Gasteiger partial charge in [-0.1, -0.05) is 49.4 Å². The van der Waals surface area contributed by atoms with E-state index in [1.54, 1.807) is 60.5 Å². The number of aliphatic hydroxyl groups is 1. The fourth-order valence-electron chi connectivity index (χ4n) is 7.27. The summed E-state index contributed by atoms with van der Waals surface area (Å²) in [6.45, 7) is 5.16. The van der Waals surface area contributed by atoms with Crippen LogP contribution in [0, 0.1) is 5.92 Å². The van der Waals surface area contributed by atoms with Crippen LogP contribution in [-0.4, -0.2) is 54.9 Å². The minimum Gasteiger partial charge on any atom is -0.394 e. The molecule has 0 aromatic heterocycles. The molecule has 3 amide bonds. The van der Waals surface area contributed by atoms with Crippen molar-refractivity contribution in [2.24, 2.45) is 5.92 Å². The molecule has 3 aliphatic rings. The molecule has 0 radical (unpaired) electrons. The van der Waals surface area contributed by atoms with Crippen LogP contribution in [0.15, 0.2) is 72.8 Å². The number of amides is 3. The summed E-state index contributed by atoms with van der Waals surface area (Å²) in [6, 6.07) is 21.4. The van der Waals surface area contributed by atoms with E-state index in [0.717, 1.165) is 11.1 Å². The highest BCUT2D eigenvalue weighted by Gasteiger charge is 2.65. The number of rotatable bonds is 6. The molecule has 0 aliphatic carbocycles. The first-order valence-electron chi connectivity index (χ1n) is 14.7. The first kappa shape index (κ1) is 29.2. The van der Waals surface area contributed by atoms with Crippen LogP contribution in [0.3, 0.4) is 0 Å². The van der Waals surface area contributed by atoms with Crippen molar-refractivity contribution in [3.63, 3.8) is 0 Å². The monoisotopic (exact) mass is 601 g/mol. The number of hydrogen-bond donors (Lipinski definition) is 3. The van der Waals surface area contributed by atoms with E-state index in [-0.39, 0.29) is 24.8 Å². The van der Waals surface area contributed by atoms with Gasteiger partial charge in [0.05, 0.1) is 25.2 Å². The van der Waals surface area contributed by atoms with Crippen LogP contribution >= 0.6 is 0 Å². The lowest BCUT2D eigenvalue weighted by Gasteiger charge is -2.37. The largest absolute Gasteiger partial charge is 0.394 e. The summed E-state index contributed by atoms with van der Waals surface area (Å²) in [5, 5.41) is 15.9. The first-order chi connectivity index (χ1) is 20.5. The van der Waals surface area contributed by atoms with Gasteiger partial charge in [-0.3, -0.25) is 14.4 Å². The highest BCUT2D eigenvalue weighted by Crippen LogP contribution is 2.59. The van der Waals surface area contributed by atoms with Crippen molar-refractivity contribution in [1.29, 1.82) is 0 Å². The Hall–Kier alpha value is -3.86. The third kappa shape index (κ3) is 5.07. The molecular formula is C33H36FN3O5Si.